The van der Waals surface area contributed by atoms with Gasteiger partial charge in [0.25, 0.3) is 0 Å². The normalized spacial score (nSPS) is 7.89. The largest absolute Gasteiger partial charge is 0.369 e. The second-order valence-electron chi connectivity index (χ2n) is 1.13. The first-order valence-electron chi connectivity index (χ1n) is 1.97. The lowest BCUT2D eigenvalue weighted by molar-refractivity contribution is -0.247. The van der Waals surface area contributed by atoms with Gasteiger partial charge in [-0.25, -0.2) is 10.2 Å². The molecule has 1 aromatic heterocycles. The molecule has 0 amide bonds. The molecule has 0 aromatic carbocycles. The fraction of sp³-hybridized carbons (Fsp3) is 0. The average molecular weight is 148 g/mol. The Labute approximate surface area is 57.2 Å². The van der Waals surface area contributed by atoms with Crippen LogP contribution in [0, 0.1) is 0 Å². The van der Waals surface area contributed by atoms with Gasteiger partial charge >= 0.3 is 0 Å². The van der Waals surface area contributed by atoms with E-state index in [1.807, 2.05) is 0 Å². The van der Waals surface area contributed by atoms with E-state index in [9.17, 15) is 0 Å². The number of thiol groups is 1. The second kappa shape index (κ2) is 4.19. The molecule has 1 heterocycles. The van der Waals surface area contributed by atoms with Gasteiger partial charge in [-0.1, -0.05) is 12.8 Å². The Morgan fingerprint density at radius 1 is 1.78 bits per heavy atom. The monoisotopic (exact) mass is 148 g/mol. The van der Waals surface area contributed by atoms with Crippen molar-refractivity contribution in [1.29, 1.82) is 0 Å². The predicted octanol–water partition coefficient (Wildman–Crippen LogP) is 0.0481. The molecule has 3 N–H and O–H groups in total. The summed E-state index contributed by atoms with van der Waals surface area (Å²) in [6, 6.07) is 0. The van der Waals surface area contributed by atoms with Crippen LogP contribution < -0.4 is 5.73 Å². The van der Waals surface area contributed by atoms with Crippen LogP contribution in [0.15, 0.2) is 12.4 Å². The maximum atomic E-state index is 7.25. The Balaban J connectivity index is 0.000000291. The zero-order valence-corrected chi connectivity index (χ0v) is 5.32. The third-order valence-corrected chi connectivity index (χ3v) is 0.988. The number of aromatic nitrogens is 2. The van der Waals surface area contributed by atoms with Crippen LogP contribution in [-0.4, -0.2) is 14.2 Å². The maximum absolute atomic E-state index is 7.25. The zero-order chi connectivity index (χ0) is 7.28. The first-order chi connectivity index (χ1) is 4.30. The van der Waals surface area contributed by atoms with E-state index in [0.29, 0.717) is 5.95 Å². The first kappa shape index (κ1) is 8.28. The molecule has 1 rings (SSSR count). The number of nitrogen functional groups attached to an aromatic ring is 1. The van der Waals surface area contributed by atoms with E-state index in [1.165, 1.54) is 3.97 Å². The number of nitrogens with two attached hydrogens (primary N) is 1. The average Bonchev–Trinajstić information content (AvgIpc) is 2.23. The van der Waals surface area contributed by atoms with E-state index in [0.717, 1.165) is 0 Å². The second-order valence-corrected chi connectivity index (χ2v) is 1.56. The highest BCUT2D eigenvalue weighted by Crippen LogP contribution is 1.97. The van der Waals surface area contributed by atoms with Gasteiger partial charge in [-0.05, 0) is 5.26 Å². The number of rotatable bonds is 0. The van der Waals surface area contributed by atoms with Gasteiger partial charge in [0.05, 0.1) is 0 Å². The molecule has 0 spiro atoms. The van der Waals surface area contributed by atoms with Crippen LogP contribution in [-0.2, 0) is 5.26 Å². The molecule has 9 heavy (non-hydrogen) atoms. The van der Waals surface area contributed by atoms with Gasteiger partial charge < -0.3 is 5.73 Å². The van der Waals surface area contributed by atoms with Crippen molar-refractivity contribution in [2.24, 2.45) is 0 Å². The van der Waals surface area contributed by atoms with Gasteiger partial charge in [0.2, 0.25) is 5.95 Å². The molecule has 0 aliphatic carbocycles. The third kappa shape index (κ3) is 2.36. The molecule has 0 fully saturated rings. The highest BCUT2D eigenvalue weighted by atomic mass is 32.1. The van der Waals surface area contributed by atoms with Crippen LogP contribution in [0.2, 0.25) is 0 Å². The third-order valence-electron chi connectivity index (χ3n) is 0.649. The predicted molar refractivity (Wildman–Crippen MR) is 34.3 cm³/mol. The van der Waals surface area contributed by atoms with E-state index >= 15 is 0 Å². The van der Waals surface area contributed by atoms with Gasteiger partial charge in [-0.2, -0.15) is 0 Å². The van der Waals surface area contributed by atoms with Crippen LogP contribution in [0.5, 0.6) is 0 Å². The van der Waals surface area contributed by atoms with Crippen molar-refractivity contribution >= 4 is 18.8 Å². The van der Waals surface area contributed by atoms with Crippen molar-refractivity contribution in [2.75, 3.05) is 5.73 Å². The van der Waals surface area contributed by atoms with Crippen molar-refractivity contribution in [3.63, 3.8) is 0 Å². The molecule has 5 nitrogen and oxygen atoms in total. The molecule has 0 saturated heterocycles. The number of hydrogen-bond acceptors (Lipinski definition) is 4. The zero-order valence-electron chi connectivity index (χ0n) is 4.43. The van der Waals surface area contributed by atoms with Crippen molar-refractivity contribution in [2.45, 2.75) is 0 Å². The van der Waals surface area contributed by atoms with Crippen molar-refractivity contribution in [3.05, 3.63) is 12.4 Å². The van der Waals surface area contributed by atoms with Gasteiger partial charge in [0.1, 0.15) is 0 Å². The van der Waals surface area contributed by atoms with Crippen LogP contribution in [0.1, 0.15) is 0 Å². The van der Waals surface area contributed by atoms with E-state index in [4.69, 9.17) is 16.2 Å². The summed E-state index contributed by atoms with van der Waals surface area (Å²) in [7, 11) is 0. The molecule has 1 radical (unpaired) electrons. The van der Waals surface area contributed by atoms with E-state index in [-0.39, 0.29) is 0 Å². The SMILES string of the molecule is Nc1nccn1S.[O]O. The first-order valence-corrected chi connectivity index (χ1v) is 2.37. The number of nitrogens with zero attached hydrogens (tertiary/aromatic N) is 2. The topological polar surface area (TPSA) is 84.0 Å². The molecular formula is C3H6N3O2S. The van der Waals surface area contributed by atoms with Gasteiger partial charge in [-0.15, -0.1) is 0 Å². The number of anilines is 1. The fourth-order valence-electron chi connectivity index (χ4n) is 0.308. The summed E-state index contributed by atoms with van der Waals surface area (Å²) in [6.07, 6.45) is 3.25. The summed E-state index contributed by atoms with van der Waals surface area (Å²) in [5.41, 5.74) is 5.22. The lowest BCUT2D eigenvalue weighted by Gasteiger charge is -1.85. The molecule has 0 saturated carbocycles. The molecule has 1 aromatic rings. The van der Waals surface area contributed by atoms with Gasteiger partial charge in [0.15, 0.2) is 0 Å². The molecule has 6 heteroatoms. The van der Waals surface area contributed by atoms with Crippen LogP contribution >= 0.6 is 12.8 Å². The summed E-state index contributed by atoms with van der Waals surface area (Å²) in [6.45, 7) is 0. The van der Waals surface area contributed by atoms with Crippen LogP contribution in [0.25, 0.3) is 0 Å². The lowest BCUT2D eigenvalue weighted by Crippen LogP contribution is -1.90. The molecule has 0 aliphatic rings. The Bertz CT molecular complexity index is 149. The van der Waals surface area contributed by atoms with E-state index in [1.54, 1.807) is 12.4 Å². The molecular weight excluding hydrogens is 142 g/mol. The Morgan fingerprint density at radius 2 is 2.33 bits per heavy atom. The quantitative estimate of drug-likeness (QED) is 0.276. The maximum Gasteiger partial charge on any atom is 0.210 e. The minimum atomic E-state index is 0.420. The molecule has 0 aliphatic heterocycles. The van der Waals surface area contributed by atoms with Crippen molar-refractivity contribution in [3.8, 4) is 0 Å². The van der Waals surface area contributed by atoms with Crippen molar-refractivity contribution < 1.29 is 10.5 Å². The Hall–Kier alpha value is -0.720. The molecule has 0 bridgehead atoms. The van der Waals surface area contributed by atoms with E-state index < -0.39 is 0 Å². The van der Waals surface area contributed by atoms with Crippen molar-refractivity contribution in [1.82, 2.24) is 8.96 Å². The summed E-state index contributed by atoms with van der Waals surface area (Å²) < 4.78 is 1.44. The summed E-state index contributed by atoms with van der Waals surface area (Å²) in [4.78, 5) is 3.68. The molecule has 51 valence electrons. The molecule has 0 atom stereocenters. The van der Waals surface area contributed by atoms with E-state index in [2.05, 4.69) is 17.8 Å². The molecule has 0 unspecified atom stereocenters. The number of hydrogen-bond donors (Lipinski definition) is 3. The summed E-state index contributed by atoms with van der Waals surface area (Å²) in [5, 5.41) is 13.0. The lowest BCUT2D eigenvalue weighted by atomic mass is 11.0. The van der Waals surface area contributed by atoms with Crippen LogP contribution in [0.3, 0.4) is 0 Å². The summed E-state index contributed by atoms with van der Waals surface area (Å²) in [5.74, 6) is 0.420. The summed E-state index contributed by atoms with van der Waals surface area (Å²) >= 11 is 3.88. The van der Waals surface area contributed by atoms with Gasteiger partial charge in [-0.3, -0.25) is 3.97 Å². The minimum Gasteiger partial charge on any atom is -0.369 e. The highest BCUT2D eigenvalue weighted by Gasteiger charge is 1.85. The standard InChI is InChI=1S/C3H5N3S.HO2/c4-3-5-1-2-6(3)7;1-2/h1-2,7H,(H2,4,5);1H. The van der Waals surface area contributed by atoms with Crippen LogP contribution in [0.4, 0.5) is 5.95 Å². The highest BCUT2D eigenvalue weighted by molar-refractivity contribution is 7.78. The van der Waals surface area contributed by atoms with Gasteiger partial charge in [0, 0.05) is 12.4 Å². The Morgan fingerprint density at radius 3 is 2.44 bits per heavy atom. The fourth-order valence-corrected chi connectivity index (χ4v) is 0.420. The smallest absolute Gasteiger partial charge is 0.210 e. The Kier molecular flexibility index (Phi) is 3.85. The minimum absolute atomic E-state index is 0.420. The number of imidazole rings is 1.